The number of hydrogen-bond acceptors (Lipinski definition) is 3. The summed E-state index contributed by atoms with van der Waals surface area (Å²) in [6, 6.07) is 5.71. The predicted molar refractivity (Wildman–Crippen MR) is 82.4 cm³/mol. The van der Waals surface area contributed by atoms with Crippen LogP contribution in [-0.2, 0) is 4.74 Å². The van der Waals surface area contributed by atoms with E-state index in [1.165, 1.54) is 26.4 Å². The van der Waals surface area contributed by atoms with E-state index in [-0.39, 0.29) is 5.97 Å². The van der Waals surface area contributed by atoms with Gasteiger partial charge in [0.05, 0.1) is 12.7 Å². The summed E-state index contributed by atoms with van der Waals surface area (Å²) in [5.74, 6) is 0.839. The summed E-state index contributed by atoms with van der Waals surface area (Å²) in [7, 11) is 1.39. The normalized spacial score (nSPS) is 26.1. The number of carbonyl (C=O) groups is 1. The molecule has 0 aromatic heterocycles. The molecule has 0 saturated heterocycles. The van der Waals surface area contributed by atoms with E-state index in [0.717, 1.165) is 5.69 Å². The molecule has 0 radical (unpaired) electrons. The molecule has 0 spiro atoms. The summed E-state index contributed by atoms with van der Waals surface area (Å²) < 4.78 is 4.84. The average molecular weight is 296 g/mol. The van der Waals surface area contributed by atoms with E-state index in [9.17, 15) is 4.79 Å². The van der Waals surface area contributed by atoms with Crippen LogP contribution < -0.4 is 5.32 Å². The van der Waals surface area contributed by atoms with Crippen molar-refractivity contribution in [3.05, 3.63) is 28.8 Å². The number of nitrogens with one attached hydrogen (secondary N) is 1. The van der Waals surface area contributed by atoms with Gasteiger partial charge < -0.3 is 10.1 Å². The highest BCUT2D eigenvalue weighted by atomic mass is 35.5. The fourth-order valence-electron chi connectivity index (χ4n) is 3.07. The Bertz CT molecular complexity index is 479. The topological polar surface area (TPSA) is 38.3 Å². The number of halogens is 1. The van der Waals surface area contributed by atoms with Gasteiger partial charge in [0.15, 0.2) is 0 Å². The molecule has 0 bridgehead atoms. The van der Waals surface area contributed by atoms with Crippen molar-refractivity contribution < 1.29 is 9.53 Å². The number of hydrogen-bond donors (Lipinski definition) is 1. The smallest absolute Gasteiger partial charge is 0.340 e. The molecule has 0 amide bonds. The third-order valence-corrected chi connectivity index (χ3v) is 4.49. The Kier molecular flexibility index (Phi) is 4.92. The molecule has 1 aliphatic carbocycles. The lowest BCUT2D eigenvalue weighted by Gasteiger charge is -2.36. The minimum absolute atomic E-state index is 0.355. The molecule has 110 valence electrons. The summed E-state index contributed by atoms with van der Waals surface area (Å²) in [4.78, 5) is 11.9. The van der Waals surface area contributed by atoms with Gasteiger partial charge in [-0.15, -0.1) is 0 Å². The minimum Gasteiger partial charge on any atom is -0.465 e. The maximum atomic E-state index is 11.9. The molecular weight excluding hydrogens is 274 g/mol. The van der Waals surface area contributed by atoms with Crippen molar-refractivity contribution in [1.29, 1.82) is 0 Å². The van der Waals surface area contributed by atoms with Crippen LogP contribution in [-0.4, -0.2) is 19.1 Å². The van der Waals surface area contributed by atoms with Crippen LogP contribution in [0.2, 0.25) is 5.02 Å². The molecule has 2 atom stereocenters. The Morgan fingerprint density at radius 2 is 1.95 bits per heavy atom. The van der Waals surface area contributed by atoms with Crippen molar-refractivity contribution in [2.75, 3.05) is 12.4 Å². The number of ether oxygens (including phenoxy) is 1. The summed E-state index contributed by atoms with van der Waals surface area (Å²) in [6.45, 7) is 4.53. The standard InChI is InChI=1S/C16H22ClNO2/c1-10-5-4-6-11(2)15(10)18-14-8-7-12(17)9-13(14)16(19)20-3/h7-11,15,18H,4-6H2,1-3H3. The van der Waals surface area contributed by atoms with Crippen molar-refractivity contribution in [2.24, 2.45) is 11.8 Å². The lowest BCUT2D eigenvalue weighted by Crippen LogP contribution is -2.37. The lowest BCUT2D eigenvalue weighted by atomic mass is 9.78. The predicted octanol–water partition coefficient (Wildman–Crippen LogP) is 4.36. The number of carbonyl (C=O) groups excluding carboxylic acids is 1. The van der Waals surface area contributed by atoms with Gasteiger partial charge in [0, 0.05) is 16.8 Å². The van der Waals surface area contributed by atoms with E-state index in [2.05, 4.69) is 19.2 Å². The number of esters is 1. The first-order chi connectivity index (χ1) is 9.52. The van der Waals surface area contributed by atoms with Gasteiger partial charge in [0.1, 0.15) is 0 Å². The Morgan fingerprint density at radius 3 is 2.55 bits per heavy atom. The van der Waals surface area contributed by atoms with Crippen LogP contribution in [0.3, 0.4) is 0 Å². The second-order valence-electron chi connectivity index (χ2n) is 5.74. The van der Waals surface area contributed by atoms with Crippen molar-refractivity contribution >= 4 is 23.3 Å². The Hall–Kier alpha value is -1.22. The zero-order chi connectivity index (χ0) is 14.7. The summed E-state index contributed by atoms with van der Waals surface area (Å²) >= 11 is 5.98. The second kappa shape index (κ2) is 6.49. The van der Waals surface area contributed by atoms with Gasteiger partial charge in [-0.25, -0.2) is 4.79 Å². The third-order valence-electron chi connectivity index (χ3n) is 4.25. The second-order valence-corrected chi connectivity index (χ2v) is 6.17. The SMILES string of the molecule is COC(=O)c1cc(Cl)ccc1NC1C(C)CCCC1C. The molecule has 0 heterocycles. The van der Waals surface area contributed by atoms with E-state index in [1.807, 2.05) is 6.07 Å². The van der Waals surface area contributed by atoms with Crippen molar-refractivity contribution in [3.63, 3.8) is 0 Å². The van der Waals surface area contributed by atoms with E-state index >= 15 is 0 Å². The molecule has 1 fully saturated rings. The average Bonchev–Trinajstić information content (AvgIpc) is 2.43. The molecule has 20 heavy (non-hydrogen) atoms. The van der Waals surface area contributed by atoms with Crippen LogP contribution in [0.4, 0.5) is 5.69 Å². The zero-order valence-corrected chi connectivity index (χ0v) is 13.0. The molecule has 1 aromatic carbocycles. The molecule has 4 heteroatoms. The van der Waals surface area contributed by atoms with Gasteiger partial charge in [-0.05, 0) is 42.9 Å². The van der Waals surface area contributed by atoms with E-state index in [0.29, 0.717) is 28.5 Å². The quantitative estimate of drug-likeness (QED) is 0.842. The van der Waals surface area contributed by atoms with Gasteiger partial charge in [-0.3, -0.25) is 0 Å². The number of anilines is 1. The number of rotatable bonds is 3. The third kappa shape index (κ3) is 3.26. The van der Waals surface area contributed by atoms with Crippen LogP contribution >= 0.6 is 11.6 Å². The molecule has 1 aliphatic rings. The molecule has 1 N–H and O–H groups in total. The van der Waals surface area contributed by atoms with E-state index < -0.39 is 0 Å². The van der Waals surface area contributed by atoms with E-state index in [4.69, 9.17) is 16.3 Å². The molecule has 0 aliphatic heterocycles. The Labute approximate surface area is 125 Å². The van der Waals surface area contributed by atoms with Gasteiger partial charge in [0.2, 0.25) is 0 Å². The molecule has 2 rings (SSSR count). The van der Waals surface area contributed by atoms with Crippen molar-refractivity contribution in [3.8, 4) is 0 Å². The van der Waals surface area contributed by atoms with Crippen molar-refractivity contribution in [1.82, 2.24) is 0 Å². The Balaban J connectivity index is 2.26. The number of methoxy groups -OCH3 is 1. The molecule has 1 saturated carbocycles. The van der Waals surface area contributed by atoms with Crippen molar-refractivity contribution in [2.45, 2.75) is 39.2 Å². The maximum absolute atomic E-state index is 11.9. The highest BCUT2D eigenvalue weighted by Crippen LogP contribution is 2.32. The van der Waals surface area contributed by atoms with Crippen LogP contribution in [0.15, 0.2) is 18.2 Å². The monoisotopic (exact) mass is 295 g/mol. The molecule has 3 nitrogen and oxygen atoms in total. The van der Waals surface area contributed by atoms with Gasteiger partial charge >= 0.3 is 5.97 Å². The fourth-order valence-corrected chi connectivity index (χ4v) is 3.24. The van der Waals surface area contributed by atoms with Crippen LogP contribution in [0.25, 0.3) is 0 Å². The lowest BCUT2D eigenvalue weighted by molar-refractivity contribution is 0.0601. The summed E-state index contributed by atoms with van der Waals surface area (Å²) in [6.07, 6.45) is 3.73. The number of benzene rings is 1. The highest BCUT2D eigenvalue weighted by molar-refractivity contribution is 6.31. The van der Waals surface area contributed by atoms with Crippen LogP contribution in [0.5, 0.6) is 0 Å². The highest BCUT2D eigenvalue weighted by Gasteiger charge is 2.28. The van der Waals surface area contributed by atoms with Gasteiger partial charge in [-0.1, -0.05) is 31.9 Å². The fraction of sp³-hybridized carbons (Fsp3) is 0.562. The molecule has 2 unspecified atom stereocenters. The first-order valence-corrected chi connectivity index (χ1v) is 7.55. The maximum Gasteiger partial charge on any atom is 0.340 e. The minimum atomic E-state index is -0.355. The van der Waals surface area contributed by atoms with Gasteiger partial charge in [0.25, 0.3) is 0 Å². The van der Waals surface area contributed by atoms with Crippen LogP contribution in [0.1, 0.15) is 43.5 Å². The van der Waals surface area contributed by atoms with Gasteiger partial charge in [-0.2, -0.15) is 0 Å². The first kappa shape index (κ1) is 15.2. The molecular formula is C16H22ClNO2. The summed E-state index contributed by atoms with van der Waals surface area (Å²) in [5.41, 5.74) is 1.32. The zero-order valence-electron chi connectivity index (χ0n) is 12.3. The Morgan fingerprint density at radius 1 is 1.30 bits per heavy atom. The largest absolute Gasteiger partial charge is 0.465 e. The summed E-state index contributed by atoms with van der Waals surface area (Å²) in [5, 5.41) is 4.07. The molecule has 1 aromatic rings. The van der Waals surface area contributed by atoms with Crippen LogP contribution in [0, 0.1) is 11.8 Å². The first-order valence-electron chi connectivity index (χ1n) is 7.17. The van der Waals surface area contributed by atoms with E-state index in [1.54, 1.807) is 12.1 Å².